The number of esters is 2. The molecule has 0 saturated heterocycles. The van der Waals surface area contributed by atoms with E-state index >= 15 is 0 Å². The fourth-order valence-electron chi connectivity index (χ4n) is 6.96. The molecule has 0 saturated carbocycles. The van der Waals surface area contributed by atoms with E-state index in [0.29, 0.717) is 17.4 Å². The van der Waals surface area contributed by atoms with Gasteiger partial charge in [-0.2, -0.15) is 0 Å². The first kappa shape index (κ1) is 59.2. The van der Waals surface area contributed by atoms with E-state index in [1.807, 2.05) is 21.1 Å². The van der Waals surface area contributed by atoms with Crippen molar-refractivity contribution in [2.24, 2.45) is 0 Å². The highest BCUT2D eigenvalue weighted by molar-refractivity contribution is 7.47. The van der Waals surface area contributed by atoms with Gasteiger partial charge in [0.05, 0.1) is 27.7 Å². The van der Waals surface area contributed by atoms with Crippen LogP contribution in [-0.2, 0) is 32.7 Å². The number of allylic oxidation sites excluding steroid dienone is 6. The molecule has 0 aromatic carbocycles. The molecule has 0 aliphatic carbocycles. The van der Waals surface area contributed by atoms with Crippen LogP contribution >= 0.6 is 7.82 Å². The Labute approximate surface area is 376 Å². The lowest BCUT2D eigenvalue weighted by atomic mass is 10.0. The molecule has 0 rings (SSSR count). The average molecular weight is 883 g/mol. The van der Waals surface area contributed by atoms with E-state index in [1.54, 1.807) is 0 Å². The molecule has 0 fully saturated rings. The molecule has 0 aliphatic rings. The Bertz CT molecular complexity index is 1130. The Balaban J connectivity index is 4.29. The van der Waals surface area contributed by atoms with E-state index in [-0.39, 0.29) is 32.0 Å². The van der Waals surface area contributed by atoms with Crippen LogP contribution in [-0.4, -0.2) is 74.9 Å². The molecule has 10 heteroatoms. The van der Waals surface area contributed by atoms with Crippen molar-refractivity contribution in [2.45, 2.75) is 232 Å². The van der Waals surface area contributed by atoms with Crippen LogP contribution < -0.4 is 0 Å². The lowest BCUT2D eigenvalue weighted by Crippen LogP contribution is -2.37. The zero-order valence-corrected chi connectivity index (χ0v) is 41.3. The number of carbonyl (C=O) groups is 2. The molecule has 0 bridgehead atoms. The summed E-state index contributed by atoms with van der Waals surface area (Å²) in [7, 11) is 1.47. The smallest absolute Gasteiger partial charge is 0.462 e. The normalized spacial score (nSPS) is 13.7. The Morgan fingerprint density at radius 3 is 1.31 bits per heavy atom. The fraction of sp³-hybridized carbons (Fsp3) is 0.843. The summed E-state index contributed by atoms with van der Waals surface area (Å²) in [5.41, 5.74) is 0. The number of quaternary nitrogens is 1. The zero-order valence-electron chi connectivity index (χ0n) is 40.4. The van der Waals surface area contributed by atoms with Gasteiger partial charge in [0.15, 0.2) is 6.10 Å². The van der Waals surface area contributed by atoms with Gasteiger partial charge in [0.1, 0.15) is 19.8 Å². The Morgan fingerprint density at radius 1 is 0.508 bits per heavy atom. The molecule has 0 spiro atoms. The molecule has 9 nitrogen and oxygen atoms in total. The largest absolute Gasteiger partial charge is 0.472 e. The second-order valence-corrected chi connectivity index (χ2v) is 19.7. The number of likely N-dealkylation sites (N-methyl/N-ethyl adjacent to an activating group) is 1. The Hall–Kier alpha value is -1.77. The van der Waals surface area contributed by atoms with E-state index in [0.717, 1.165) is 70.6 Å². The SMILES string of the molecule is CCCCCCC/C=C\C/C=C\C/C=C\CCCCCCCCC(=O)OC(COC(=O)CCCCCCCCCCCCCCCCCC)COP(=O)(O)OCC[N+](C)(C)C. The van der Waals surface area contributed by atoms with Gasteiger partial charge in [0, 0.05) is 12.8 Å². The Kier molecular flexibility index (Phi) is 42.2. The van der Waals surface area contributed by atoms with E-state index in [1.165, 1.54) is 122 Å². The highest BCUT2D eigenvalue weighted by Gasteiger charge is 2.27. The molecule has 0 radical (unpaired) electrons. The second kappa shape index (κ2) is 43.5. The van der Waals surface area contributed by atoms with Crippen molar-refractivity contribution < 1.29 is 42.1 Å². The summed E-state index contributed by atoms with van der Waals surface area (Å²) < 4.78 is 34.4. The van der Waals surface area contributed by atoms with Gasteiger partial charge in [-0.25, -0.2) is 4.57 Å². The summed E-state index contributed by atoms with van der Waals surface area (Å²) in [6.07, 6.45) is 50.4. The minimum atomic E-state index is -4.38. The highest BCUT2D eigenvalue weighted by Crippen LogP contribution is 2.43. The van der Waals surface area contributed by atoms with Crippen LogP contribution in [0.1, 0.15) is 226 Å². The summed E-state index contributed by atoms with van der Waals surface area (Å²) in [5.74, 6) is -0.804. The number of carbonyl (C=O) groups excluding carboxylic acids is 2. The lowest BCUT2D eigenvalue weighted by Gasteiger charge is -2.24. The summed E-state index contributed by atoms with van der Waals surface area (Å²) in [5, 5.41) is 0. The standard InChI is InChI=1S/C51H96NO8P/c1-6-8-10-12-14-16-18-20-22-24-25-26-27-28-30-32-34-36-38-40-42-44-51(54)60-49(48-59-61(55,56)58-46-45-52(3,4)5)47-57-50(53)43-41-39-37-35-33-31-29-23-21-19-17-15-13-11-9-7-2/h18,20,24-25,27-28,49H,6-17,19,21-23,26,29-48H2,1-5H3/p+1/b20-18-,25-24-,28-27-. The van der Waals surface area contributed by atoms with Gasteiger partial charge >= 0.3 is 19.8 Å². The molecule has 61 heavy (non-hydrogen) atoms. The van der Waals surface area contributed by atoms with Crippen molar-refractivity contribution in [3.8, 4) is 0 Å². The number of nitrogens with zero attached hydrogens (tertiary/aromatic N) is 1. The lowest BCUT2D eigenvalue weighted by molar-refractivity contribution is -0.870. The van der Waals surface area contributed by atoms with Gasteiger partial charge in [-0.15, -0.1) is 0 Å². The number of phosphoric acid groups is 1. The molecule has 0 heterocycles. The van der Waals surface area contributed by atoms with Crippen LogP contribution in [0, 0.1) is 0 Å². The van der Waals surface area contributed by atoms with Crippen molar-refractivity contribution >= 4 is 19.8 Å². The number of unbranched alkanes of at least 4 members (excludes halogenated alkanes) is 26. The van der Waals surface area contributed by atoms with Gasteiger partial charge in [-0.05, 0) is 51.4 Å². The maximum absolute atomic E-state index is 12.7. The molecule has 2 unspecified atom stereocenters. The quantitative estimate of drug-likeness (QED) is 0.0212. The van der Waals surface area contributed by atoms with Crippen LogP contribution in [0.25, 0.3) is 0 Å². The van der Waals surface area contributed by atoms with Crippen LogP contribution in [0.2, 0.25) is 0 Å². The number of ether oxygens (including phenoxy) is 2. The van der Waals surface area contributed by atoms with Gasteiger partial charge < -0.3 is 18.9 Å². The second-order valence-electron chi connectivity index (χ2n) is 18.2. The third-order valence-corrected chi connectivity index (χ3v) is 11.9. The summed E-state index contributed by atoms with van der Waals surface area (Å²) >= 11 is 0. The van der Waals surface area contributed by atoms with Crippen molar-refractivity contribution in [1.29, 1.82) is 0 Å². The monoisotopic (exact) mass is 883 g/mol. The summed E-state index contributed by atoms with van der Waals surface area (Å²) in [6, 6.07) is 0. The topological polar surface area (TPSA) is 108 Å². The van der Waals surface area contributed by atoms with Gasteiger partial charge in [0.25, 0.3) is 0 Å². The van der Waals surface area contributed by atoms with Crippen LogP contribution in [0.4, 0.5) is 0 Å². The zero-order chi connectivity index (χ0) is 45.0. The molecule has 1 N–H and O–H groups in total. The van der Waals surface area contributed by atoms with Gasteiger partial charge in [-0.3, -0.25) is 18.6 Å². The highest BCUT2D eigenvalue weighted by atomic mass is 31.2. The molecule has 0 aliphatic heterocycles. The third-order valence-electron chi connectivity index (χ3n) is 10.9. The molecular formula is C51H97NO8P+. The first-order chi connectivity index (χ1) is 29.5. The van der Waals surface area contributed by atoms with E-state index in [9.17, 15) is 19.0 Å². The van der Waals surface area contributed by atoms with E-state index < -0.39 is 26.5 Å². The molecular weight excluding hydrogens is 786 g/mol. The predicted molar refractivity (Wildman–Crippen MR) is 257 cm³/mol. The van der Waals surface area contributed by atoms with Crippen molar-refractivity contribution in [1.82, 2.24) is 0 Å². The van der Waals surface area contributed by atoms with Crippen LogP contribution in [0.15, 0.2) is 36.5 Å². The van der Waals surface area contributed by atoms with Crippen molar-refractivity contribution in [3.63, 3.8) is 0 Å². The fourth-order valence-corrected chi connectivity index (χ4v) is 7.70. The van der Waals surface area contributed by atoms with Crippen molar-refractivity contribution in [3.05, 3.63) is 36.5 Å². The van der Waals surface area contributed by atoms with E-state index in [2.05, 4.69) is 50.3 Å². The average Bonchev–Trinajstić information content (AvgIpc) is 3.21. The first-order valence-corrected chi connectivity index (χ1v) is 26.7. The van der Waals surface area contributed by atoms with E-state index in [4.69, 9.17) is 18.5 Å². The molecule has 0 amide bonds. The minimum absolute atomic E-state index is 0.0297. The number of hydrogen-bond acceptors (Lipinski definition) is 7. The third kappa shape index (κ3) is 47.5. The molecule has 358 valence electrons. The Morgan fingerprint density at radius 2 is 0.885 bits per heavy atom. The van der Waals surface area contributed by atoms with Gasteiger partial charge in [-0.1, -0.05) is 198 Å². The predicted octanol–water partition coefficient (Wildman–Crippen LogP) is 14.9. The summed E-state index contributed by atoms with van der Waals surface area (Å²) in [4.78, 5) is 35.5. The molecule has 0 aromatic rings. The summed E-state index contributed by atoms with van der Waals surface area (Å²) in [6.45, 7) is 4.42. The number of hydrogen-bond donors (Lipinski definition) is 1. The van der Waals surface area contributed by atoms with Crippen LogP contribution in [0.3, 0.4) is 0 Å². The minimum Gasteiger partial charge on any atom is -0.462 e. The first-order valence-electron chi connectivity index (χ1n) is 25.2. The maximum atomic E-state index is 12.7. The van der Waals surface area contributed by atoms with Crippen molar-refractivity contribution in [2.75, 3.05) is 47.5 Å². The maximum Gasteiger partial charge on any atom is 0.472 e. The van der Waals surface area contributed by atoms with Crippen LogP contribution in [0.5, 0.6) is 0 Å². The number of phosphoric ester groups is 1. The molecule has 2 atom stereocenters. The number of rotatable bonds is 46. The van der Waals surface area contributed by atoms with Gasteiger partial charge in [0.2, 0.25) is 0 Å². The molecule has 0 aromatic heterocycles.